The van der Waals surface area contributed by atoms with Crippen LogP contribution in [0, 0.1) is 5.92 Å². The second-order valence-electron chi connectivity index (χ2n) is 9.10. The molecule has 0 aliphatic carbocycles. The van der Waals surface area contributed by atoms with Gasteiger partial charge in [-0.25, -0.2) is 4.79 Å². The molecule has 26 heavy (non-hydrogen) atoms. The van der Waals surface area contributed by atoms with E-state index in [9.17, 15) is 9.59 Å². The Morgan fingerprint density at radius 3 is 2.38 bits per heavy atom. The lowest BCUT2D eigenvalue weighted by Crippen LogP contribution is -2.47. The van der Waals surface area contributed by atoms with Crippen LogP contribution in [0.25, 0.3) is 0 Å². The van der Waals surface area contributed by atoms with Gasteiger partial charge in [0.2, 0.25) is 5.91 Å². The molecule has 0 spiro atoms. The van der Waals surface area contributed by atoms with Crippen LogP contribution in [-0.2, 0) is 9.53 Å². The van der Waals surface area contributed by atoms with E-state index in [2.05, 4.69) is 9.80 Å². The van der Waals surface area contributed by atoms with Gasteiger partial charge in [0.1, 0.15) is 5.60 Å². The van der Waals surface area contributed by atoms with E-state index >= 15 is 0 Å². The highest BCUT2D eigenvalue weighted by molar-refractivity contribution is 5.81. The van der Waals surface area contributed by atoms with Crippen molar-refractivity contribution < 1.29 is 14.3 Å². The molecule has 3 saturated heterocycles. The quantitative estimate of drug-likeness (QED) is 0.772. The molecular formula is C20H35N3O3. The van der Waals surface area contributed by atoms with E-state index < -0.39 is 5.60 Å². The fourth-order valence-electron chi connectivity index (χ4n) is 4.44. The van der Waals surface area contributed by atoms with Crippen LogP contribution in [0.2, 0.25) is 0 Å². The monoisotopic (exact) mass is 365 g/mol. The minimum atomic E-state index is -0.492. The number of hydrogen-bond acceptors (Lipinski definition) is 4. The molecule has 2 amide bonds. The first kappa shape index (κ1) is 19.5. The lowest BCUT2D eigenvalue weighted by atomic mass is 10.1. The number of rotatable bonds is 3. The van der Waals surface area contributed by atoms with E-state index in [1.54, 1.807) is 4.90 Å². The summed E-state index contributed by atoms with van der Waals surface area (Å²) in [5.74, 6) is 0.181. The molecule has 0 aromatic heterocycles. The standard InChI is InChI=1S/C20H35N3O3/c1-20(2,3)26-19(25)22-13-9-16(14-22)18(24)23-12-7-8-17(23)15-21-10-5-4-6-11-21/h16-17H,4-15H2,1-3H3. The summed E-state index contributed by atoms with van der Waals surface area (Å²) in [5, 5.41) is 0. The van der Waals surface area contributed by atoms with Gasteiger partial charge < -0.3 is 19.4 Å². The molecule has 0 aromatic carbocycles. The third-order valence-corrected chi connectivity index (χ3v) is 5.77. The average Bonchev–Trinajstić information content (AvgIpc) is 3.23. The maximum absolute atomic E-state index is 13.1. The molecule has 3 heterocycles. The van der Waals surface area contributed by atoms with Crippen molar-refractivity contribution in [3.05, 3.63) is 0 Å². The first-order valence-electron chi connectivity index (χ1n) is 10.3. The first-order valence-corrected chi connectivity index (χ1v) is 10.3. The topological polar surface area (TPSA) is 53.1 Å². The number of likely N-dealkylation sites (tertiary alicyclic amines) is 3. The molecule has 3 aliphatic rings. The van der Waals surface area contributed by atoms with Crippen LogP contribution in [0.3, 0.4) is 0 Å². The predicted molar refractivity (Wildman–Crippen MR) is 101 cm³/mol. The zero-order chi connectivity index (χ0) is 18.7. The van der Waals surface area contributed by atoms with Gasteiger partial charge in [-0.15, -0.1) is 0 Å². The lowest BCUT2D eigenvalue weighted by Gasteiger charge is -2.34. The zero-order valence-corrected chi connectivity index (χ0v) is 16.7. The van der Waals surface area contributed by atoms with Crippen molar-refractivity contribution in [3.8, 4) is 0 Å². The smallest absolute Gasteiger partial charge is 0.410 e. The molecule has 3 fully saturated rings. The van der Waals surface area contributed by atoms with E-state index in [1.807, 2.05) is 20.8 Å². The predicted octanol–water partition coefficient (Wildman–Crippen LogP) is 2.72. The van der Waals surface area contributed by atoms with E-state index in [1.165, 1.54) is 32.4 Å². The maximum Gasteiger partial charge on any atom is 0.410 e. The van der Waals surface area contributed by atoms with Crippen molar-refractivity contribution in [3.63, 3.8) is 0 Å². The number of carbonyl (C=O) groups is 2. The van der Waals surface area contributed by atoms with Crippen molar-refractivity contribution >= 4 is 12.0 Å². The van der Waals surface area contributed by atoms with Gasteiger partial charge in [0, 0.05) is 32.2 Å². The maximum atomic E-state index is 13.1. The molecular weight excluding hydrogens is 330 g/mol. The van der Waals surface area contributed by atoms with Crippen molar-refractivity contribution in [1.29, 1.82) is 0 Å². The number of piperidine rings is 1. The number of amides is 2. The summed E-state index contributed by atoms with van der Waals surface area (Å²) in [6, 6.07) is 0.358. The number of nitrogens with zero attached hydrogens (tertiary/aromatic N) is 3. The minimum absolute atomic E-state index is 0.0653. The van der Waals surface area contributed by atoms with E-state index in [0.29, 0.717) is 19.1 Å². The number of hydrogen-bond donors (Lipinski definition) is 0. The van der Waals surface area contributed by atoms with E-state index in [4.69, 9.17) is 4.74 Å². The Kier molecular flexibility index (Phi) is 6.10. The highest BCUT2D eigenvalue weighted by Gasteiger charge is 2.39. The van der Waals surface area contributed by atoms with Gasteiger partial charge in [-0.2, -0.15) is 0 Å². The molecule has 0 saturated carbocycles. The zero-order valence-electron chi connectivity index (χ0n) is 16.7. The minimum Gasteiger partial charge on any atom is -0.444 e. The van der Waals surface area contributed by atoms with Crippen LogP contribution >= 0.6 is 0 Å². The molecule has 0 bridgehead atoms. The van der Waals surface area contributed by atoms with Crippen LogP contribution in [0.5, 0.6) is 0 Å². The van der Waals surface area contributed by atoms with Crippen LogP contribution in [-0.4, -0.2) is 77.6 Å². The Bertz CT molecular complexity index is 511. The van der Waals surface area contributed by atoms with Crippen molar-refractivity contribution in [2.45, 2.75) is 70.9 Å². The molecule has 6 heteroatoms. The molecule has 3 rings (SSSR count). The Morgan fingerprint density at radius 2 is 1.69 bits per heavy atom. The van der Waals surface area contributed by atoms with Gasteiger partial charge in [0.25, 0.3) is 0 Å². The third kappa shape index (κ3) is 4.90. The molecule has 2 unspecified atom stereocenters. The second-order valence-corrected chi connectivity index (χ2v) is 9.10. The number of carbonyl (C=O) groups excluding carboxylic acids is 2. The highest BCUT2D eigenvalue weighted by atomic mass is 16.6. The van der Waals surface area contributed by atoms with Gasteiger partial charge in [0.15, 0.2) is 0 Å². The summed E-state index contributed by atoms with van der Waals surface area (Å²) in [5.41, 5.74) is -0.492. The molecule has 0 aromatic rings. The van der Waals surface area contributed by atoms with Crippen molar-refractivity contribution in [2.75, 3.05) is 39.3 Å². The highest BCUT2D eigenvalue weighted by Crippen LogP contribution is 2.27. The summed E-state index contributed by atoms with van der Waals surface area (Å²) in [6.45, 7) is 11.0. The SMILES string of the molecule is CC(C)(C)OC(=O)N1CCC(C(=O)N2CCCC2CN2CCCCC2)C1. The molecule has 6 nitrogen and oxygen atoms in total. The average molecular weight is 366 g/mol. The fraction of sp³-hybridized carbons (Fsp3) is 0.900. The summed E-state index contributed by atoms with van der Waals surface area (Å²) < 4.78 is 5.45. The molecule has 0 radical (unpaired) electrons. The summed E-state index contributed by atoms with van der Waals surface area (Å²) in [7, 11) is 0. The van der Waals surface area contributed by atoms with Gasteiger partial charge in [-0.05, 0) is 66.0 Å². The molecule has 3 aliphatic heterocycles. The van der Waals surface area contributed by atoms with Gasteiger partial charge in [-0.3, -0.25) is 4.79 Å². The van der Waals surface area contributed by atoms with Crippen LogP contribution < -0.4 is 0 Å². The third-order valence-electron chi connectivity index (χ3n) is 5.77. The largest absolute Gasteiger partial charge is 0.444 e. The Balaban J connectivity index is 1.52. The van der Waals surface area contributed by atoms with Crippen molar-refractivity contribution in [2.24, 2.45) is 5.92 Å². The van der Waals surface area contributed by atoms with Crippen LogP contribution in [0.4, 0.5) is 4.79 Å². The number of ether oxygens (including phenoxy) is 1. The summed E-state index contributed by atoms with van der Waals surface area (Å²) >= 11 is 0. The van der Waals surface area contributed by atoms with Crippen LogP contribution in [0.1, 0.15) is 59.3 Å². The lowest BCUT2D eigenvalue weighted by molar-refractivity contribution is -0.136. The Labute approximate surface area is 157 Å². The Hall–Kier alpha value is -1.30. The summed E-state index contributed by atoms with van der Waals surface area (Å²) in [4.78, 5) is 31.7. The normalized spacial score (nSPS) is 27.8. The van der Waals surface area contributed by atoms with E-state index in [-0.39, 0.29) is 17.9 Å². The van der Waals surface area contributed by atoms with Gasteiger partial charge in [-0.1, -0.05) is 6.42 Å². The van der Waals surface area contributed by atoms with Crippen molar-refractivity contribution in [1.82, 2.24) is 14.7 Å². The van der Waals surface area contributed by atoms with Crippen LogP contribution in [0.15, 0.2) is 0 Å². The van der Waals surface area contributed by atoms with Gasteiger partial charge >= 0.3 is 6.09 Å². The molecule has 148 valence electrons. The fourth-order valence-corrected chi connectivity index (χ4v) is 4.44. The second kappa shape index (κ2) is 8.15. The molecule has 0 N–H and O–H groups in total. The molecule has 2 atom stereocenters. The Morgan fingerprint density at radius 1 is 0.962 bits per heavy atom. The van der Waals surface area contributed by atoms with Gasteiger partial charge in [0.05, 0.1) is 5.92 Å². The first-order chi connectivity index (χ1) is 12.3. The van der Waals surface area contributed by atoms with E-state index in [0.717, 1.165) is 32.4 Å². The summed E-state index contributed by atoms with van der Waals surface area (Å²) in [6.07, 6.45) is 6.59.